The van der Waals surface area contributed by atoms with E-state index in [-0.39, 0.29) is 17.9 Å². The molecule has 3 heterocycles. The summed E-state index contributed by atoms with van der Waals surface area (Å²) in [6.45, 7) is 1.22. The van der Waals surface area contributed by atoms with E-state index in [0.717, 1.165) is 25.8 Å². The fourth-order valence-electron chi connectivity index (χ4n) is 3.08. The molecule has 0 aromatic carbocycles. The molecule has 1 N–H and O–H groups in total. The van der Waals surface area contributed by atoms with Gasteiger partial charge >= 0.3 is 5.97 Å². The topological polar surface area (TPSA) is 71.5 Å². The predicted octanol–water partition coefficient (Wildman–Crippen LogP) is 1.90. The normalized spacial score (nSPS) is 20.5. The summed E-state index contributed by atoms with van der Waals surface area (Å²) in [6.07, 6.45) is 3.33. The van der Waals surface area contributed by atoms with Crippen LogP contribution in [0.25, 0.3) is 0 Å². The van der Waals surface area contributed by atoms with Gasteiger partial charge in [0, 0.05) is 12.6 Å². The van der Waals surface area contributed by atoms with Gasteiger partial charge in [-0.15, -0.1) is 0 Å². The summed E-state index contributed by atoms with van der Waals surface area (Å²) in [6, 6.07) is 1.71. The Bertz CT molecular complexity index is 620. The van der Waals surface area contributed by atoms with Crippen LogP contribution in [0.4, 0.5) is 5.82 Å². The number of halogens is 1. The molecular weight excluding hydrogens is 306 g/mol. The molecule has 1 fully saturated rings. The third-order valence-corrected chi connectivity index (χ3v) is 4.50. The van der Waals surface area contributed by atoms with Crippen LogP contribution in [-0.4, -0.2) is 36.6 Å². The maximum atomic E-state index is 11.7. The molecule has 1 atom stereocenters. The van der Waals surface area contributed by atoms with Crippen LogP contribution in [0.3, 0.4) is 0 Å². The maximum Gasteiger partial charge on any atom is 0.307 e. The Labute approximate surface area is 133 Å². The molecule has 22 heavy (non-hydrogen) atoms. The molecular formula is C15H18ClN3O3. The number of ether oxygens (including phenoxy) is 1. The lowest BCUT2D eigenvalue weighted by molar-refractivity contribution is -0.141. The molecule has 1 unspecified atom stereocenters. The fraction of sp³-hybridized carbons (Fsp3) is 0.533. The van der Waals surface area contributed by atoms with Crippen molar-refractivity contribution in [2.45, 2.75) is 38.3 Å². The molecule has 1 saturated heterocycles. The van der Waals surface area contributed by atoms with Crippen LogP contribution in [0, 0.1) is 0 Å². The van der Waals surface area contributed by atoms with Crippen molar-refractivity contribution in [3.63, 3.8) is 0 Å². The van der Waals surface area contributed by atoms with Crippen molar-refractivity contribution in [1.82, 2.24) is 10.3 Å². The maximum absolute atomic E-state index is 11.7. The van der Waals surface area contributed by atoms with E-state index in [1.165, 1.54) is 7.11 Å². The number of amides is 1. The van der Waals surface area contributed by atoms with Crippen LogP contribution < -0.4 is 10.2 Å². The zero-order valence-corrected chi connectivity index (χ0v) is 13.2. The minimum Gasteiger partial charge on any atom is -0.469 e. The number of pyridine rings is 1. The predicted molar refractivity (Wildman–Crippen MR) is 82.0 cm³/mol. The molecule has 2 aliphatic rings. The number of carbonyl (C=O) groups excluding carboxylic acids is 2. The Morgan fingerprint density at radius 3 is 3.14 bits per heavy atom. The first-order valence-electron chi connectivity index (χ1n) is 7.41. The molecule has 2 aliphatic heterocycles. The monoisotopic (exact) mass is 323 g/mol. The summed E-state index contributed by atoms with van der Waals surface area (Å²) in [5, 5.41) is 3.19. The van der Waals surface area contributed by atoms with Gasteiger partial charge in [-0.3, -0.25) is 9.59 Å². The smallest absolute Gasteiger partial charge is 0.307 e. The van der Waals surface area contributed by atoms with Crippen molar-refractivity contribution < 1.29 is 14.3 Å². The Morgan fingerprint density at radius 1 is 1.55 bits per heavy atom. The number of fused-ring (bicyclic) bond motifs is 1. The van der Waals surface area contributed by atoms with Gasteiger partial charge in [0.25, 0.3) is 5.91 Å². The van der Waals surface area contributed by atoms with Crippen LogP contribution in [0.2, 0.25) is 5.02 Å². The summed E-state index contributed by atoms with van der Waals surface area (Å²) >= 11 is 6.34. The highest BCUT2D eigenvalue weighted by atomic mass is 35.5. The van der Waals surface area contributed by atoms with E-state index in [9.17, 15) is 9.59 Å². The molecule has 6 nitrogen and oxygen atoms in total. The average Bonchev–Trinajstić information content (AvgIpc) is 2.88. The number of nitrogens with zero attached hydrogens (tertiary/aromatic N) is 2. The van der Waals surface area contributed by atoms with Gasteiger partial charge in [-0.2, -0.15) is 0 Å². The van der Waals surface area contributed by atoms with E-state index in [4.69, 9.17) is 16.3 Å². The number of anilines is 1. The second-order valence-corrected chi connectivity index (χ2v) is 6.00. The number of rotatable bonds is 3. The van der Waals surface area contributed by atoms with E-state index in [0.29, 0.717) is 35.1 Å². The first kappa shape index (κ1) is 15.1. The second-order valence-electron chi connectivity index (χ2n) is 5.59. The molecule has 1 aromatic heterocycles. The largest absolute Gasteiger partial charge is 0.469 e. The van der Waals surface area contributed by atoms with Crippen LogP contribution in [0.15, 0.2) is 6.07 Å². The average molecular weight is 324 g/mol. The van der Waals surface area contributed by atoms with E-state index < -0.39 is 0 Å². The number of hydrogen-bond acceptors (Lipinski definition) is 5. The van der Waals surface area contributed by atoms with Crippen molar-refractivity contribution in [3.05, 3.63) is 22.3 Å². The van der Waals surface area contributed by atoms with Crippen LogP contribution in [0.5, 0.6) is 0 Å². The number of hydrogen-bond donors (Lipinski definition) is 1. The van der Waals surface area contributed by atoms with Gasteiger partial charge in [-0.05, 0) is 25.3 Å². The van der Waals surface area contributed by atoms with Crippen LogP contribution >= 0.6 is 11.6 Å². The van der Waals surface area contributed by atoms with Crippen molar-refractivity contribution in [1.29, 1.82) is 0 Å². The number of aromatic nitrogens is 1. The molecule has 0 radical (unpaired) electrons. The molecule has 1 aromatic rings. The minimum atomic E-state index is -0.231. The van der Waals surface area contributed by atoms with E-state index in [1.54, 1.807) is 6.07 Å². The molecule has 118 valence electrons. The first-order valence-corrected chi connectivity index (χ1v) is 7.79. The third-order valence-electron chi connectivity index (χ3n) is 4.23. The van der Waals surface area contributed by atoms with Crippen molar-refractivity contribution >= 4 is 29.3 Å². The molecule has 0 aliphatic carbocycles. The van der Waals surface area contributed by atoms with Crippen molar-refractivity contribution in [2.24, 2.45) is 0 Å². The van der Waals surface area contributed by atoms with Crippen LogP contribution in [-0.2, 0) is 16.1 Å². The lowest BCUT2D eigenvalue weighted by Crippen LogP contribution is -2.42. The Morgan fingerprint density at radius 2 is 2.36 bits per heavy atom. The third kappa shape index (κ3) is 2.75. The quantitative estimate of drug-likeness (QED) is 0.860. The number of nitrogens with one attached hydrogen (secondary N) is 1. The minimum absolute atomic E-state index is 0.0364. The van der Waals surface area contributed by atoms with E-state index >= 15 is 0 Å². The van der Waals surface area contributed by atoms with Gasteiger partial charge < -0.3 is 15.0 Å². The summed E-state index contributed by atoms with van der Waals surface area (Å²) in [5.74, 6) is 0.289. The van der Waals surface area contributed by atoms with Gasteiger partial charge in [-0.25, -0.2) is 4.98 Å². The number of esters is 1. The molecule has 7 heteroatoms. The van der Waals surface area contributed by atoms with E-state index in [1.807, 2.05) is 0 Å². The number of carbonyl (C=O) groups is 2. The van der Waals surface area contributed by atoms with Gasteiger partial charge in [0.15, 0.2) is 0 Å². The van der Waals surface area contributed by atoms with Gasteiger partial charge in [-0.1, -0.05) is 11.6 Å². The Kier molecular flexibility index (Phi) is 4.20. The van der Waals surface area contributed by atoms with Gasteiger partial charge in [0.1, 0.15) is 5.82 Å². The van der Waals surface area contributed by atoms with E-state index in [2.05, 4.69) is 15.2 Å². The SMILES string of the molecule is COC(=O)CC1CCCCN1c1nc2c(cc1Cl)C(=O)NC2. The number of piperidine rings is 1. The molecule has 0 bridgehead atoms. The van der Waals surface area contributed by atoms with Gasteiger partial charge in [0.05, 0.1) is 36.4 Å². The zero-order chi connectivity index (χ0) is 15.7. The van der Waals surface area contributed by atoms with Gasteiger partial charge in [0.2, 0.25) is 0 Å². The number of methoxy groups -OCH3 is 1. The molecule has 0 spiro atoms. The summed E-state index contributed by atoms with van der Waals surface area (Å²) in [5.41, 5.74) is 1.25. The molecule has 0 saturated carbocycles. The standard InChI is InChI=1S/C15H18ClN3O3/c1-22-13(20)6-9-4-2-3-5-19(9)14-11(16)7-10-12(18-14)8-17-15(10)21/h7,9H,2-6,8H2,1H3,(H,17,21). The van der Waals surface area contributed by atoms with Crippen molar-refractivity contribution in [2.75, 3.05) is 18.6 Å². The summed E-state index contributed by atoms with van der Waals surface area (Å²) in [7, 11) is 1.40. The zero-order valence-electron chi connectivity index (χ0n) is 12.4. The highest BCUT2D eigenvalue weighted by molar-refractivity contribution is 6.33. The fourth-order valence-corrected chi connectivity index (χ4v) is 3.34. The lowest BCUT2D eigenvalue weighted by atomic mass is 9.99. The Hall–Kier alpha value is -1.82. The summed E-state index contributed by atoms with van der Waals surface area (Å²) in [4.78, 5) is 29.9. The molecule has 1 amide bonds. The lowest BCUT2D eigenvalue weighted by Gasteiger charge is -2.36. The highest BCUT2D eigenvalue weighted by Crippen LogP contribution is 2.33. The molecule has 3 rings (SSSR count). The first-order chi connectivity index (χ1) is 10.6. The second kappa shape index (κ2) is 6.12. The van der Waals surface area contributed by atoms with Crippen LogP contribution in [0.1, 0.15) is 41.7 Å². The summed E-state index contributed by atoms with van der Waals surface area (Å²) < 4.78 is 4.78. The Balaban J connectivity index is 1.91. The highest BCUT2D eigenvalue weighted by Gasteiger charge is 2.30. The van der Waals surface area contributed by atoms with Crippen molar-refractivity contribution in [3.8, 4) is 0 Å².